The summed E-state index contributed by atoms with van der Waals surface area (Å²) in [5.41, 5.74) is 1.83. The number of cyclic esters (lactones) is 1. The summed E-state index contributed by atoms with van der Waals surface area (Å²) in [5, 5.41) is 2.66. The van der Waals surface area contributed by atoms with E-state index in [1.54, 1.807) is 18.2 Å². The summed E-state index contributed by atoms with van der Waals surface area (Å²) in [6, 6.07) is 24.7. The topological polar surface area (TPSA) is 51.8 Å². The zero-order valence-electron chi connectivity index (χ0n) is 15.1. The van der Waals surface area contributed by atoms with E-state index in [-0.39, 0.29) is 5.70 Å². The molecule has 0 unspecified atom stereocenters. The Balaban J connectivity index is 1.50. The first kappa shape index (κ1) is 17.5. The predicted octanol–water partition coefficient (Wildman–Crippen LogP) is 6.10. The molecule has 0 spiro atoms. The second-order valence-corrected chi connectivity index (χ2v) is 7.01. The molecule has 1 aliphatic rings. The highest BCUT2D eigenvalue weighted by molar-refractivity contribution is 6.30. The fraction of sp³-hybridized carbons (Fsp3) is 0. The van der Waals surface area contributed by atoms with Crippen LogP contribution in [0, 0.1) is 0 Å². The Hall–Kier alpha value is -3.63. The van der Waals surface area contributed by atoms with Crippen LogP contribution in [0.2, 0.25) is 5.02 Å². The van der Waals surface area contributed by atoms with Crippen LogP contribution >= 0.6 is 11.6 Å². The Morgan fingerprint density at radius 3 is 2.62 bits per heavy atom. The molecule has 1 aliphatic heterocycles. The molecule has 0 saturated heterocycles. The van der Waals surface area contributed by atoms with Gasteiger partial charge in [0.15, 0.2) is 5.70 Å². The van der Waals surface area contributed by atoms with Crippen molar-refractivity contribution < 1.29 is 13.9 Å². The minimum Gasteiger partial charge on any atom is -0.457 e. The number of esters is 1. The van der Waals surface area contributed by atoms with Crippen LogP contribution in [-0.2, 0) is 9.53 Å². The average Bonchev–Trinajstić information content (AvgIpc) is 3.35. The van der Waals surface area contributed by atoms with Gasteiger partial charge in [-0.25, -0.2) is 9.79 Å². The molecule has 0 amide bonds. The molecule has 140 valence electrons. The molecule has 0 N–H and O–H groups in total. The van der Waals surface area contributed by atoms with Gasteiger partial charge in [-0.2, -0.15) is 0 Å². The standard InChI is InChI=1S/C24H14ClNO3/c25-17-8-3-7-16(13-17)22-12-11-18(28-22)14-21-24(27)29-23(26-21)20-10-4-6-15-5-1-2-9-19(15)20/h1-14H/b21-14-. The van der Waals surface area contributed by atoms with E-state index in [1.807, 2.05) is 66.7 Å². The lowest BCUT2D eigenvalue weighted by Crippen LogP contribution is -2.05. The minimum atomic E-state index is -0.506. The summed E-state index contributed by atoms with van der Waals surface area (Å²) >= 11 is 6.04. The zero-order chi connectivity index (χ0) is 19.8. The maximum absolute atomic E-state index is 12.4. The fourth-order valence-corrected chi connectivity index (χ4v) is 3.49. The van der Waals surface area contributed by atoms with Gasteiger partial charge in [-0.1, -0.05) is 60.1 Å². The summed E-state index contributed by atoms with van der Waals surface area (Å²) in [6.45, 7) is 0. The molecule has 5 heteroatoms. The molecule has 0 atom stereocenters. The third-order valence-corrected chi connectivity index (χ3v) is 4.89. The van der Waals surface area contributed by atoms with Crippen LogP contribution in [0.25, 0.3) is 28.2 Å². The number of hydrogen-bond acceptors (Lipinski definition) is 4. The zero-order valence-corrected chi connectivity index (χ0v) is 15.9. The van der Waals surface area contributed by atoms with Crippen LogP contribution in [-0.4, -0.2) is 11.9 Å². The molecule has 5 rings (SSSR count). The van der Waals surface area contributed by atoms with E-state index in [1.165, 1.54) is 0 Å². The largest absolute Gasteiger partial charge is 0.457 e. The second kappa shape index (κ2) is 7.08. The van der Waals surface area contributed by atoms with Gasteiger partial charge in [-0.05, 0) is 41.1 Å². The van der Waals surface area contributed by atoms with Gasteiger partial charge in [0.2, 0.25) is 5.90 Å². The van der Waals surface area contributed by atoms with Crippen LogP contribution in [0.15, 0.2) is 94.0 Å². The number of nitrogens with zero attached hydrogens (tertiary/aromatic N) is 1. The summed E-state index contributed by atoms with van der Waals surface area (Å²) in [6.07, 6.45) is 1.58. The molecule has 4 aromatic rings. The van der Waals surface area contributed by atoms with Crippen molar-refractivity contribution in [1.82, 2.24) is 0 Å². The van der Waals surface area contributed by atoms with Crippen LogP contribution < -0.4 is 0 Å². The van der Waals surface area contributed by atoms with Gasteiger partial charge in [0, 0.05) is 22.2 Å². The van der Waals surface area contributed by atoms with Crippen molar-refractivity contribution in [3.05, 3.63) is 101 Å². The summed E-state index contributed by atoms with van der Waals surface area (Å²) < 4.78 is 11.3. The van der Waals surface area contributed by atoms with Crippen molar-refractivity contribution in [3.8, 4) is 11.3 Å². The van der Waals surface area contributed by atoms with Gasteiger partial charge in [0.25, 0.3) is 0 Å². The molecular weight excluding hydrogens is 386 g/mol. The van der Waals surface area contributed by atoms with Crippen molar-refractivity contribution in [3.63, 3.8) is 0 Å². The summed E-state index contributed by atoms with van der Waals surface area (Å²) in [7, 11) is 0. The highest BCUT2D eigenvalue weighted by Crippen LogP contribution is 2.28. The van der Waals surface area contributed by atoms with Gasteiger partial charge in [-0.3, -0.25) is 0 Å². The highest BCUT2D eigenvalue weighted by atomic mass is 35.5. The van der Waals surface area contributed by atoms with Crippen molar-refractivity contribution >= 4 is 40.3 Å². The number of benzene rings is 3. The van der Waals surface area contributed by atoms with E-state index in [4.69, 9.17) is 20.8 Å². The van der Waals surface area contributed by atoms with E-state index >= 15 is 0 Å². The van der Waals surface area contributed by atoms with E-state index in [2.05, 4.69) is 4.99 Å². The smallest absolute Gasteiger partial charge is 0.363 e. The highest BCUT2D eigenvalue weighted by Gasteiger charge is 2.25. The molecule has 2 heterocycles. The Morgan fingerprint density at radius 2 is 1.72 bits per heavy atom. The first-order valence-corrected chi connectivity index (χ1v) is 9.42. The quantitative estimate of drug-likeness (QED) is 0.309. The third-order valence-electron chi connectivity index (χ3n) is 4.66. The van der Waals surface area contributed by atoms with Crippen molar-refractivity contribution in [2.45, 2.75) is 0 Å². The Morgan fingerprint density at radius 1 is 0.897 bits per heavy atom. The number of rotatable bonds is 3. The van der Waals surface area contributed by atoms with Gasteiger partial charge < -0.3 is 9.15 Å². The van der Waals surface area contributed by atoms with Crippen molar-refractivity contribution in [1.29, 1.82) is 0 Å². The van der Waals surface area contributed by atoms with Gasteiger partial charge in [0.1, 0.15) is 11.5 Å². The molecule has 0 fully saturated rings. The van der Waals surface area contributed by atoms with Crippen molar-refractivity contribution in [2.75, 3.05) is 0 Å². The molecule has 3 aromatic carbocycles. The molecule has 0 saturated carbocycles. The molecule has 0 aliphatic carbocycles. The van der Waals surface area contributed by atoms with E-state index in [9.17, 15) is 4.79 Å². The first-order chi connectivity index (χ1) is 14.2. The lowest BCUT2D eigenvalue weighted by atomic mass is 10.0. The van der Waals surface area contributed by atoms with Gasteiger partial charge in [-0.15, -0.1) is 0 Å². The van der Waals surface area contributed by atoms with E-state index < -0.39 is 5.97 Å². The van der Waals surface area contributed by atoms with E-state index in [0.717, 1.165) is 21.9 Å². The maximum atomic E-state index is 12.4. The fourth-order valence-electron chi connectivity index (χ4n) is 3.30. The normalized spacial score (nSPS) is 15.0. The second-order valence-electron chi connectivity index (χ2n) is 6.58. The lowest BCUT2D eigenvalue weighted by molar-refractivity contribution is -0.129. The predicted molar refractivity (Wildman–Crippen MR) is 114 cm³/mol. The number of hydrogen-bond donors (Lipinski definition) is 0. The minimum absolute atomic E-state index is 0.194. The monoisotopic (exact) mass is 399 g/mol. The van der Waals surface area contributed by atoms with Crippen LogP contribution in [0.5, 0.6) is 0 Å². The van der Waals surface area contributed by atoms with Crippen molar-refractivity contribution in [2.24, 2.45) is 4.99 Å². The molecule has 0 radical (unpaired) electrons. The third kappa shape index (κ3) is 3.35. The maximum Gasteiger partial charge on any atom is 0.363 e. The number of fused-ring (bicyclic) bond motifs is 1. The lowest BCUT2D eigenvalue weighted by Gasteiger charge is -2.04. The number of ether oxygens (including phenoxy) is 1. The van der Waals surface area contributed by atoms with Gasteiger partial charge >= 0.3 is 5.97 Å². The number of furan rings is 1. The molecule has 0 bridgehead atoms. The molecular formula is C24H14ClNO3. The van der Waals surface area contributed by atoms with Gasteiger partial charge in [0.05, 0.1) is 0 Å². The Kier molecular flexibility index (Phi) is 4.26. The molecule has 1 aromatic heterocycles. The number of carbonyl (C=O) groups is 1. The number of halogens is 1. The molecule has 29 heavy (non-hydrogen) atoms. The Bertz CT molecular complexity index is 1310. The first-order valence-electron chi connectivity index (χ1n) is 9.04. The number of aliphatic imine (C=N–C) groups is 1. The average molecular weight is 400 g/mol. The molecule has 4 nitrogen and oxygen atoms in total. The summed E-state index contributed by atoms with van der Waals surface area (Å²) in [5.74, 6) is 0.951. The Labute approximate surface area is 171 Å². The number of carbonyl (C=O) groups excluding carboxylic acids is 1. The van der Waals surface area contributed by atoms with Crippen LogP contribution in [0.3, 0.4) is 0 Å². The van der Waals surface area contributed by atoms with Crippen LogP contribution in [0.4, 0.5) is 0 Å². The van der Waals surface area contributed by atoms with Crippen LogP contribution in [0.1, 0.15) is 11.3 Å². The van der Waals surface area contributed by atoms with E-state index in [0.29, 0.717) is 22.4 Å². The SMILES string of the molecule is O=C1OC(c2cccc3ccccc23)=N/C1=C\c1ccc(-c2cccc(Cl)c2)o1. The summed E-state index contributed by atoms with van der Waals surface area (Å²) in [4.78, 5) is 16.8.